The van der Waals surface area contributed by atoms with Crippen molar-refractivity contribution in [2.75, 3.05) is 0 Å². The minimum absolute atomic E-state index is 0.0281. The molecule has 0 fully saturated rings. The fraction of sp³-hybridized carbons (Fsp3) is 0.417. The van der Waals surface area contributed by atoms with Crippen LogP contribution in [-0.2, 0) is 11.2 Å². The molecule has 0 saturated carbocycles. The number of hydrogen-bond acceptors (Lipinski definition) is 5. The second-order valence-corrected chi connectivity index (χ2v) is 4.38. The van der Waals surface area contributed by atoms with Gasteiger partial charge in [0.25, 0.3) is 11.4 Å². The lowest BCUT2D eigenvalue weighted by atomic mass is 10.1. The summed E-state index contributed by atoms with van der Waals surface area (Å²) in [6.45, 7) is 3.72. The molecule has 1 rings (SSSR count). The maximum Gasteiger partial charge on any atom is 0.279 e. The maximum atomic E-state index is 11.7. The third kappa shape index (κ3) is 4.01. The SMILES string of the molecule is CC[C@@H](C)NC(=O)Cc1ccc([N+](=O)[O-])cc1[N+](=O)[O-]. The van der Waals surface area contributed by atoms with E-state index >= 15 is 0 Å². The molecule has 0 aliphatic rings. The topological polar surface area (TPSA) is 115 Å². The Morgan fingerprint density at radius 1 is 1.30 bits per heavy atom. The van der Waals surface area contributed by atoms with Gasteiger partial charge in [0, 0.05) is 17.7 Å². The molecule has 108 valence electrons. The second kappa shape index (κ2) is 6.60. The summed E-state index contributed by atoms with van der Waals surface area (Å²) in [5.41, 5.74) is -0.636. The first-order valence-electron chi connectivity index (χ1n) is 6.06. The molecule has 1 aromatic carbocycles. The second-order valence-electron chi connectivity index (χ2n) is 4.38. The molecule has 0 saturated heterocycles. The number of benzene rings is 1. The highest BCUT2D eigenvalue weighted by Crippen LogP contribution is 2.25. The van der Waals surface area contributed by atoms with E-state index in [2.05, 4.69) is 5.32 Å². The summed E-state index contributed by atoms with van der Waals surface area (Å²) in [6, 6.07) is 3.23. The first-order chi connectivity index (χ1) is 9.35. The lowest BCUT2D eigenvalue weighted by molar-refractivity contribution is -0.394. The average molecular weight is 281 g/mol. The molecule has 0 heterocycles. The highest BCUT2D eigenvalue weighted by Gasteiger charge is 2.21. The molecular formula is C12H15N3O5. The van der Waals surface area contributed by atoms with Crippen molar-refractivity contribution in [1.82, 2.24) is 5.32 Å². The van der Waals surface area contributed by atoms with Crippen molar-refractivity contribution in [3.05, 3.63) is 44.0 Å². The van der Waals surface area contributed by atoms with Crippen LogP contribution in [0.1, 0.15) is 25.8 Å². The number of rotatable bonds is 6. The van der Waals surface area contributed by atoms with E-state index < -0.39 is 15.5 Å². The smallest absolute Gasteiger partial charge is 0.279 e. The molecule has 0 unspecified atom stereocenters. The van der Waals surface area contributed by atoms with Gasteiger partial charge in [-0.25, -0.2) is 0 Å². The van der Waals surface area contributed by atoms with Crippen LogP contribution in [0.5, 0.6) is 0 Å². The van der Waals surface area contributed by atoms with Crippen LogP contribution in [0.3, 0.4) is 0 Å². The zero-order valence-corrected chi connectivity index (χ0v) is 11.2. The molecule has 0 aromatic heterocycles. The summed E-state index contributed by atoms with van der Waals surface area (Å²) in [5, 5.41) is 24.2. The van der Waals surface area contributed by atoms with Crippen molar-refractivity contribution < 1.29 is 14.6 Å². The Balaban J connectivity index is 2.97. The third-order valence-electron chi connectivity index (χ3n) is 2.85. The van der Waals surface area contributed by atoms with Gasteiger partial charge >= 0.3 is 0 Å². The van der Waals surface area contributed by atoms with E-state index in [-0.39, 0.29) is 29.6 Å². The monoisotopic (exact) mass is 281 g/mol. The van der Waals surface area contributed by atoms with Crippen molar-refractivity contribution in [3.63, 3.8) is 0 Å². The molecule has 1 aromatic rings. The number of nitrogens with one attached hydrogen (secondary N) is 1. The summed E-state index contributed by atoms with van der Waals surface area (Å²) >= 11 is 0. The fourth-order valence-corrected chi connectivity index (χ4v) is 1.59. The first-order valence-corrected chi connectivity index (χ1v) is 6.06. The Labute approximate surface area is 115 Å². The van der Waals surface area contributed by atoms with Gasteiger partial charge in [-0.1, -0.05) is 6.92 Å². The number of non-ortho nitro benzene ring substituents is 1. The Morgan fingerprint density at radius 2 is 1.95 bits per heavy atom. The van der Waals surface area contributed by atoms with E-state index in [1.54, 1.807) is 0 Å². The molecule has 8 heteroatoms. The van der Waals surface area contributed by atoms with Crippen molar-refractivity contribution in [2.24, 2.45) is 0 Å². The van der Waals surface area contributed by atoms with Crippen LogP contribution in [0.4, 0.5) is 11.4 Å². The molecule has 1 amide bonds. The van der Waals surface area contributed by atoms with Crippen LogP contribution >= 0.6 is 0 Å². The van der Waals surface area contributed by atoms with Gasteiger partial charge in [0.15, 0.2) is 0 Å². The molecule has 8 nitrogen and oxygen atoms in total. The van der Waals surface area contributed by atoms with E-state index in [0.717, 1.165) is 18.6 Å². The lowest BCUT2D eigenvalue weighted by Crippen LogP contribution is -2.33. The summed E-state index contributed by atoms with van der Waals surface area (Å²) in [7, 11) is 0. The van der Waals surface area contributed by atoms with Crippen molar-refractivity contribution in [2.45, 2.75) is 32.7 Å². The Kier molecular flexibility index (Phi) is 5.13. The summed E-state index contributed by atoms with van der Waals surface area (Å²) in [6.07, 6.45) is 0.562. The van der Waals surface area contributed by atoms with Crippen molar-refractivity contribution >= 4 is 17.3 Å². The Hall–Kier alpha value is -2.51. The van der Waals surface area contributed by atoms with E-state index in [0.29, 0.717) is 0 Å². The van der Waals surface area contributed by atoms with Crippen LogP contribution in [0.25, 0.3) is 0 Å². The number of amides is 1. The number of hydrogen-bond donors (Lipinski definition) is 1. The highest BCUT2D eigenvalue weighted by atomic mass is 16.6. The van der Waals surface area contributed by atoms with Gasteiger partial charge in [0.05, 0.1) is 22.3 Å². The van der Waals surface area contributed by atoms with Crippen molar-refractivity contribution in [3.8, 4) is 0 Å². The van der Waals surface area contributed by atoms with Gasteiger partial charge in [-0.3, -0.25) is 25.0 Å². The predicted octanol–water partition coefficient (Wildman–Crippen LogP) is 1.96. The molecule has 1 N–H and O–H groups in total. The van der Waals surface area contributed by atoms with Gasteiger partial charge in [-0.2, -0.15) is 0 Å². The number of nitro benzene ring substituents is 2. The van der Waals surface area contributed by atoms with Gasteiger partial charge in [0.2, 0.25) is 5.91 Å². The molecule has 0 bridgehead atoms. The zero-order chi connectivity index (χ0) is 15.3. The Morgan fingerprint density at radius 3 is 2.45 bits per heavy atom. The standard InChI is InChI=1S/C12H15N3O5/c1-3-8(2)13-12(16)6-9-4-5-10(14(17)18)7-11(9)15(19)20/h4-5,7-8H,3,6H2,1-2H3,(H,13,16)/t8-/m1/s1. The molecule has 20 heavy (non-hydrogen) atoms. The quantitative estimate of drug-likeness (QED) is 0.632. The van der Waals surface area contributed by atoms with Crippen LogP contribution in [-0.4, -0.2) is 21.8 Å². The minimum Gasteiger partial charge on any atom is -0.353 e. The summed E-state index contributed by atoms with van der Waals surface area (Å²) in [5.74, 6) is -0.351. The van der Waals surface area contributed by atoms with Gasteiger partial charge in [-0.15, -0.1) is 0 Å². The van der Waals surface area contributed by atoms with Crippen LogP contribution < -0.4 is 5.32 Å². The highest BCUT2D eigenvalue weighted by molar-refractivity contribution is 5.80. The van der Waals surface area contributed by atoms with Crippen molar-refractivity contribution in [1.29, 1.82) is 0 Å². The number of carbonyl (C=O) groups is 1. The molecular weight excluding hydrogens is 266 g/mol. The van der Waals surface area contributed by atoms with E-state index in [4.69, 9.17) is 0 Å². The van der Waals surface area contributed by atoms with E-state index in [9.17, 15) is 25.0 Å². The van der Waals surface area contributed by atoms with Crippen LogP contribution in [0, 0.1) is 20.2 Å². The third-order valence-corrected chi connectivity index (χ3v) is 2.85. The normalized spacial score (nSPS) is 11.7. The number of carbonyl (C=O) groups excluding carboxylic acids is 1. The molecule has 0 radical (unpaired) electrons. The maximum absolute atomic E-state index is 11.7. The minimum atomic E-state index is -0.723. The molecule has 0 aliphatic heterocycles. The summed E-state index contributed by atoms with van der Waals surface area (Å²) < 4.78 is 0. The molecule has 1 atom stereocenters. The Bertz CT molecular complexity index is 544. The fourth-order valence-electron chi connectivity index (χ4n) is 1.59. The molecule has 0 spiro atoms. The summed E-state index contributed by atoms with van der Waals surface area (Å²) in [4.78, 5) is 31.8. The van der Waals surface area contributed by atoms with E-state index in [1.165, 1.54) is 6.07 Å². The van der Waals surface area contributed by atoms with Gasteiger partial charge in [-0.05, 0) is 19.4 Å². The largest absolute Gasteiger partial charge is 0.353 e. The number of nitro groups is 2. The number of nitrogens with zero attached hydrogens (tertiary/aromatic N) is 2. The predicted molar refractivity (Wildman–Crippen MR) is 71.4 cm³/mol. The van der Waals surface area contributed by atoms with Gasteiger partial charge < -0.3 is 5.32 Å². The molecule has 0 aliphatic carbocycles. The lowest BCUT2D eigenvalue weighted by Gasteiger charge is -2.11. The zero-order valence-electron chi connectivity index (χ0n) is 11.2. The van der Waals surface area contributed by atoms with Gasteiger partial charge in [0.1, 0.15) is 0 Å². The average Bonchev–Trinajstić information content (AvgIpc) is 2.38. The first kappa shape index (κ1) is 15.5. The van der Waals surface area contributed by atoms with Crippen LogP contribution in [0.2, 0.25) is 0 Å². The van der Waals surface area contributed by atoms with E-state index in [1.807, 2.05) is 13.8 Å². The van der Waals surface area contributed by atoms with Crippen LogP contribution in [0.15, 0.2) is 18.2 Å².